The van der Waals surface area contributed by atoms with Crippen molar-refractivity contribution >= 4 is 11.6 Å². The van der Waals surface area contributed by atoms with E-state index < -0.39 is 0 Å². The number of nitrogens with two attached hydrogens (primary N) is 1. The molecule has 1 aliphatic rings. The monoisotopic (exact) mass is 259 g/mol. The Morgan fingerprint density at radius 3 is 2.83 bits per heavy atom. The predicted molar refractivity (Wildman–Crippen MR) is 73.1 cm³/mol. The van der Waals surface area contributed by atoms with Crippen LogP contribution in [0.5, 0.6) is 5.75 Å². The molecule has 3 heteroatoms. The molecule has 1 heterocycles. The van der Waals surface area contributed by atoms with Crippen LogP contribution in [0.1, 0.15) is 22.7 Å². The van der Waals surface area contributed by atoms with Crippen molar-refractivity contribution in [3.63, 3.8) is 0 Å². The Kier molecular flexibility index (Phi) is 2.98. The summed E-state index contributed by atoms with van der Waals surface area (Å²) in [7, 11) is 0. The van der Waals surface area contributed by atoms with Gasteiger partial charge >= 0.3 is 0 Å². The van der Waals surface area contributed by atoms with Gasteiger partial charge in [-0.25, -0.2) is 0 Å². The Morgan fingerprint density at radius 1 is 1.17 bits per heavy atom. The fourth-order valence-corrected chi connectivity index (χ4v) is 2.56. The van der Waals surface area contributed by atoms with Crippen molar-refractivity contribution in [2.24, 2.45) is 5.73 Å². The summed E-state index contributed by atoms with van der Waals surface area (Å²) in [5.41, 5.74) is 9.55. The minimum absolute atomic E-state index is 0.190. The van der Waals surface area contributed by atoms with E-state index >= 15 is 0 Å². The molecule has 0 radical (unpaired) electrons. The molecule has 0 amide bonds. The summed E-state index contributed by atoms with van der Waals surface area (Å²) in [5, 5.41) is 0.710. The smallest absolute Gasteiger partial charge is 0.122 e. The van der Waals surface area contributed by atoms with Gasteiger partial charge in [0.2, 0.25) is 0 Å². The molecule has 2 nitrogen and oxygen atoms in total. The van der Waals surface area contributed by atoms with Crippen molar-refractivity contribution in [1.29, 1.82) is 0 Å². The fraction of sp³-hybridized carbons (Fsp3) is 0.200. The highest BCUT2D eigenvalue weighted by molar-refractivity contribution is 6.31. The second kappa shape index (κ2) is 4.63. The van der Waals surface area contributed by atoms with Gasteiger partial charge in [0, 0.05) is 11.4 Å². The Hall–Kier alpha value is -1.51. The quantitative estimate of drug-likeness (QED) is 0.898. The van der Waals surface area contributed by atoms with E-state index in [-0.39, 0.29) is 6.04 Å². The lowest BCUT2D eigenvalue weighted by atomic mass is 9.97. The van der Waals surface area contributed by atoms with Gasteiger partial charge in [0.05, 0.1) is 12.6 Å². The molecule has 0 fully saturated rings. The fourth-order valence-electron chi connectivity index (χ4n) is 2.31. The third-order valence-electron chi connectivity index (χ3n) is 3.31. The average Bonchev–Trinajstić information content (AvgIpc) is 2.85. The first-order valence-corrected chi connectivity index (χ1v) is 6.39. The summed E-state index contributed by atoms with van der Waals surface area (Å²) < 4.78 is 5.50. The van der Waals surface area contributed by atoms with E-state index in [1.807, 2.05) is 36.4 Å². The van der Waals surface area contributed by atoms with Crippen molar-refractivity contribution in [3.05, 3.63) is 64.2 Å². The molecule has 0 saturated heterocycles. The molecule has 2 aromatic carbocycles. The molecular formula is C15H14ClNO. The number of ether oxygens (including phenoxy) is 1. The van der Waals surface area contributed by atoms with Crippen LogP contribution in [-0.4, -0.2) is 6.61 Å². The van der Waals surface area contributed by atoms with E-state index in [9.17, 15) is 0 Å². The van der Waals surface area contributed by atoms with E-state index in [1.165, 1.54) is 5.56 Å². The Labute approximate surface area is 111 Å². The van der Waals surface area contributed by atoms with Gasteiger partial charge in [-0.2, -0.15) is 0 Å². The number of hydrogen-bond donors (Lipinski definition) is 1. The summed E-state index contributed by atoms with van der Waals surface area (Å²) >= 11 is 6.18. The van der Waals surface area contributed by atoms with Gasteiger partial charge in [0.1, 0.15) is 5.75 Å². The van der Waals surface area contributed by atoms with Crippen LogP contribution < -0.4 is 10.5 Å². The Bertz CT molecular complexity index is 582. The average molecular weight is 260 g/mol. The molecule has 0 bridgehead atoms. The van der Waals surface area contributed by atoms with Gasteiger partial charge < -0.3 is 10.5 Å². The maximum Gasteiger partial charge on any atom is 0.122 e. The third kappa shape index (κ3) is 1.98. The molecular weight excluding hydrogens is 246 g/mol. The minimum Gasteiger partial charge on any atom is -0.493 e. The molecule has 0 spiro atoms. The van der Waals surface area contributed by atoms with Crippen LogP contribution in [0.3, 0.4) is 0 Å². The molecule has 0 saturated carbocycles. The van der Waals surface area contributed by atoms with Crippen molar-refractivity contribution < 1.29 is 4.74 Å². The first-order valence-electron chi connectivity index (χ1n) is 6.01. The zero-order chi connectivity index (χ0) is 12.5. The maximum absolute atomic E-state index is 6.29. The Morgan fingerprint density at radius 2 is 2.00 bits per heavy atom. The molecule has 2 aromatic rings. The first kappa shape index (κ1) is 11.6. The zero-order valence-electron chi connectivity index (χ0n) is 9.90. The second-order valence-corrected chi connectivity index (χ2v) is 4.87. The highest BCUT2D eigenvalue weighted by atomic mass is 35.5. The molecule has 0 aliphatic carbocycles. The summed E-state index contributed by atoms with van der Waals surface area (Å²) in [5.74, 6) is 0.977. The van der Waals surface area contributed by atoms with Crippen molar-refractivity contribution in [2.75, 3.05) is 6.61 Å². The third-order valence-corrected chi connectivity index (χ3v) is 3.66. The van der Waals surface area contributed by atoms with E-state index in [2.05, 4.69) is 6.07 Å². The Balaban J connectivity index is 1.98. The van der Waals surface area contributed by atoms with Crippen LogP contribution >= 0.6 is 11.6 Å². The normalized spacial score (nSPS) is 15.0. The van der Waals surface area contributed by atoms with Crippen LogP contribution in [0.25, 0.3) is 0 Å². The molecule has 0 aromatic heterocycles. The van der Waals surface area contributed by atoms with E-state index in [4.69, 9.17) is 22.1 Å². The topological polar surface area (TPSA) is 35.2 Å². The lowest BCUT2D eigenvalue weighted by Crippen LogP contribution is -2.12. The van der Waals surface area contributed by atoms with E-state index in [1.54, 1.807) is 0 Å². The van der Waals surface area contributed by atoms with Gasteiger partial charge in [-0.15, -0.1) is 0 Å². The minimum atomic E-state index is -0.190. The van der Waals surface area contributed by atoms with Crippen molar-refractivity contribution in [3.8, 4) is 5.75 Å². The van der Waals surface area contributed by atoms with Crippen LogP contribution in [0.2, 0.25) is 5.02 Å². The van der Waals surface area contributed by atoms with E-state index in [0.29, 0.717) is 5.02 Å². The lowest BCUT2D eigenvalue weighted by Gasteiger charge is -2.15. The van der Waals surface area contributed by atoms with Crippen LogP contribution in [-0.2, 0) is 6.42 Å². The zero-order valence-corrected chi connectivity index (χ0v) is 10.7. The van der Waals surface area contributed by atoms with Crippen LogP contribution in [0, 0.1) is 0 Å². The molecule has 18 heavy (non-hydrogen) atoms. The number of hydrogen-bond acceptors (Lipinski definition) is 2. The largest absolute Gasteiger partial charge is 0.493 e. The number of fused-ring (bicyclic) bond motifs is 1. The van der Waals surface area contributed by atoms with Gasteiger partial charge in [-0.05, 0) is 28.8 Å². The van der Waals surface area contributed by atoms with Crippen LogP contribution in [0.4, 0.5) is 0 Å². The molecule has 2 N–H and O–H groups in total. The summed E-state index contributed by atoms with van der Waals surface area (Å²) in [6, 6.07) is 13.6. The number of rotatable bonds is 2. The predicted octanol–water partition coefficient (Wildman–Crippen LogP) is 3.32. The summed E-state index contributed by atoms with van der Waals surface area (Å²) in [6.45, 7) is 0.764. The van der Waals surface area contributed by atoms with E-state index in [0.717, 1.165) is 29.9 Å². The lowest BCUT2D eigenvalue weighted by molar-refractivity contribution is 0.357. The molecule has 92 valence electrons. The van der Waals surface area contributed by atoms with Gasteiger partial charge in [0.15, 0.2) is 0 Å². The first-order chi connectivity index (χ1) is 8.75. The molecule has 0 unspecified atom stereocenters. The number of halogens is 1. The second-order valence-electron chi connectivity index (χ2n) is 4.46. The molecule has 3 rings (SSSR count). The standard InChI is InChI=1S/C15H14ClNO/c16-13-4-2-1-3-12(13)15(17)11-5-6-14-10(9-11)7-8-18-14/h1-6,9,15H,7-8,17H2/t15-/m1/s1. The highest BCUT2D eigenvalue weighted by Gasteiger charge is 2.17. The van der Waals surface area contributed by atoms with Gasteiger partial charge in [-0.1, -0.05) is 41.9 Å². The molecule has 1 aliphatic heterocycles. The molecule has 1 atom stereocenters. The highest BCUT2D eigenvalue weighted by Crippen LogP contribution is 2.31. The van der Waals surface area contributed by atoms with Gasteiger partial charge in [0.25, 0.3) is 0 Å². The summed E-state index contributed by atoms with van der Waals surface area (Å²) in [4.78, 5) is 0. The summed E-state index contributed by atoms with van der Waals surface area (Å²) in [6.07, 6.45) is 0.957. The van der Waals surface area contributed by atoms with Gasteiger partial charge in [-0.3, -0.25) is 0 Å². The van der Waals surface area contributed by atoms with Crippen molar-refractivity contribution in [2.45, 2.75) is 12.5 Å². The maximum atomic E-state index is 6.29. The number of benzene rings is 2. The van der Waals surface area contributed by atoms with Crippen molar-refractivity contribution in [1.82, 2.24) is 0 Å². The van der Waals surface area contributed by atoms with Crippen LogP contribution in [0.15, 0.2) is 42.5 Å². The SMILES string of the molecule is N[C@H](c1ccc2c(c1)CCO2)c1ccccc1Cl.